The van der Waals surface area contributed by atoms with Gasteiger partial charge in [-0.25, -0.2) is 4.98 Å². The smallest absolute Gasteiger partial charge is 0.203 e. The molecule has 0 amide bonds. The maximum atomic E-state index is 4.54. The number of nitrogens with one attached hydrogen (secondary N) is 1. The van der Waals surface area contributed by atoms with Crippen LogP contribution >= 0.6 is 22.7 Å². The molecule has 0 saturated carbocycles. The summed E-state index contributed by atoms with van der Waals surface area (Å²) in [7, 11) is 0. The third-order valence-electron chi connectivity index (χ3n) is 2.77. The molecule has 0 aliphatic rings. The minimum atomic E-state index is 0.805. The fourth-order valence-electron chi connectivity index (χ4n) is 1.74. The molecular formula is C15H13N3S2. The Kier molecular flexibility index (Phi) is 3.90. The Hall–Kier alpha value is -1.98. The monoisotopic (exact) mass is 299 g/mol. The summed E-state index contributed by atoms with van der Waals surface area (Å²) in [5.74, 6) is 0. The van der Waals surface area contributed by atoms with Gasteiger partial charge in [0.05, 0.1) is 11.4 Å². The van der Waals surface area contributed by atoms with Gasteiger partial charge in [-0.05, 0) is 18.4 Å². The quantitative estimate of drug-likeness (QED) is 0.559. The molecule has 5 heteroatoms. The van der Waals surface area contributed by atoms with E-state index in [1.165, 1.54) is 0 Å². The largest absolute Gasteiger partial charge is 0.252 e. The summed E-state index contributed by atoms with van der Waals surface area (Å²) < 4.78 is 0. The van der Waals surface area contributed by atoms with Gasteiger partial charge < -0.3 is 0 Å². The second-order valence-corrected chi connectivity index (χ2v) is 6.00. The molecule has 2 aromatic heterocycles. The topological polar surface area (TPSA) is 37.3 Å². The van der Waals surface area contributed by atoms with Crippen molar-refractivity contribution in [1.29, 1.82) is 0 Å². The van der Waals surface area contributed by atoms with Crippen LogP contribution in [0.2, 0.25) is 0 Å². The van der Waals surface area contributed by atoms with E-state index >= 15 is 0 Å². The average molecular weight is 299 g/mol. The Morgan fingerprint density at radius 3 is 2.70 bits per heavy atom. The Bertz CT molecular complexity index is 700. The molecule has 100 valence electrons. The predicted octanol–water partition coefficient (Wildman–Crippen LogP) is 4.71. The molecule has 1 N–H and O–H groups in total. The Morgan fingerprint density at radius 2 is 1.95 bits per heavy atom. The van der Waals surface area contributed by atoms with Gasteiger partial charge >= 0.3 is 0 Å². The number of anilines is 1. The van der Waals surface area contributed by atoms with Crippen LogP contribution in [0, 0.1) is 0 Å². The zero-order valence-corrected chi connectivity index (χ0v) is 12.5. The lowest BCUT2D eigenvalue weighted by molar-refractivity contribution is 1.27. The van der Waals surface area contributed by atoms with Crippen LogP contribution in [0.15, 0.2) is 58.3 Å². The molecule has 0 unspecified atom stereocenters. The van der Waals surface area contributed by atoms with Crippen molar-refractivity contribution in [3.8, 4) is 11.3 Å². The van der Waals surface area contributed by atoms with Crippen LogP contribution in [0.3, 0.4) is 0 Å². The summed E-state index contributed by atoms with van der Waals surface area (Å²) in [6.45, 7) is 1.99. The lowest BCUT2D eigenvalue weighted by atomic mass is 10.2. The first-order chi connectivity index (χ1) is 9.83. The minimum absolute atomic E-state index is 0.805. The molecule has 3 rings (SSSR count). The molecule has 0 spiro atoms. The molecule has 2 heterocycles. The van der Waals surface area contributed by atoms with E-state index in [9.17, 15) is 0 Å². The molecule has 0 atom stereocenters. The fraction of sp³-hybridized carbons (Fsp3) is 0.0667. The van der Waals surface area contributed by atoms with Crippen molar-refractivity contribution in [2.75, 3.05) is 5.43 Å². The summed E-state index contributed by atoms with van der Waals surface area (Å²) in [5, 5.41) is 9.26. The number of rotatable bonds is 4. The number of hydrogen-bond donors (Lipinski definition) is 1. The van der Waals surface area contributed by atoms with Gasteiger partial charge in [0.1, 0.15) is 0 Å². The van der Waals surface area contributed by atoms with Gasteiger partial charge in [-0.3, -0.25) is 5.43 Å². The summed E-state index contributed by atoms with van der Waals surface area (Å²) in [5.41, 5.74) is 6.09. The van der Waals surface area contributed by atoms with Gasteiger partial charge in [0.25, 0.3) is 0 Å². The van der Waals surface area contributed by atoms with Crippen molar-refractivity contribution >= 4 is 33.5 Å². The average Bonchev–Trinajstić information content (AvgIpc) is 3.17. The van der Waals surface area contributed by atoms with Crippen LogP contribution in [-0.2, 0) is 0 Å². The molecule has 0 radical (unpaired) electrons. The van der Waals surface area contributed by atoms with E-state index in [0.717, 1.165) is 27.0 Å². The van der Waals surface area contributed by atoms with Crippen LogP contribution in [0.5, 0.6) is 0 Å². The number of hydrazone groups is 1. The number of thiophene rings is 1. The number of benzene rings is 1. The highest BCUT2D eigenvalue weighted by Gasteiger charge is 2.04. The van der Waals surface area contributed by atoms with Crippen LogP contribution in [-0.4, -0.2) is 10.7 Å². The van der Waals surface area contributed by atoms with Gasteiger partial charge in [0.15, 0.2) is 0 Å². The zero-order valence-electron chi connectivity index (χ0n) is 10.9. The number of nitrogens with zero attached hydrogens (tertiary/aromatic N) is 2. The van der Waals surface area contributed by atoms with Crippen molar-refractivity contribution in [2.24, 2.45) is 5.10 Å². The SMILES string of the molecule is C/C(=N/Nc1nc(-c2ccccc2)cs1)c1cccs1. The van der Waals surface area contributed by atoms with Gasteiger partial charge in [0, 0.05) is 15.8 Å². The van der Waals surface area contributed by atoms with Crippen LogP contribution in [0.4, 0.5) is 5.13 Å². The van der Waals surface area contributed by atoms with Crippen LogP contribution in [0.25, 0.3) is 11.3 Å². The van der Waals surface area contributed by atoms with E-state index < -0.39 is 0 Å². The lowest BCUT2D eigenvalue weighted by Crippen LogP contribution is -1.96. The third-order valence-corrected chi connectivity index (χ3v) is 4.50. The molecule has 3 aromatic rings. The molecule has 0 aliphatic heterocycles. The van der Waals surface area contributed by atoms with Crippen molar-refractivity contribution in [2.45, 2.75) is 6.92 Å². The highest BCUT2D eigenvalue weighted by molar-refractivity contribution is 7.14. The molecule has 20 heavy (non-hydrogen) atoms. The Labute approximate surface area is 125 Å². The summed E-state index contributed by atoms with van der Waals surface area (Å²) in [6, 6.07) is 14.2. The van der Waals surface area contributed by atoms with E-state index in [1.54, 1.807) is 22.7 Å². The summed E-state index contributed by atoms with van der Waals surface area (Å²) >= 11 is 3.24. The first kappa shape index (κ1) is 13.0. The highest BCUT2D eigenvalue weighted by atomic mass is 32.1. The van der Waals surface area contributed by atoms with E-state index in [2.05, 4.69) is 33.7 Å². The maximum absolute atomic E-state index is 4.54. The van der Waals surface area contributed by atoms with Crippen molar-refractivity contribution in [3.05, 3.63) is 58.1 Å². The fourth-order valence-corrected chi connectivity index (χ4v) is 3.08. The molecule has 0 fully saturated rings. The van der Waals surface area contributed by atoms with Crippen molar-refractivity contribution in [3.63, 3.8) is 0 Å². The number of hydrogen-bond acceptors (Lipinski definition) is 5. The first-order valence-electron chi connectivity index (χ1n) is 6.18. The zero-order chi connectivity index (χ0) is 13.8. The molecule has 1 aromatic carbocycles. The van der Waals surface area contributed by atoms with Gasteiger partial charge in [-0.15, -0.1) is 22.7 Å². The Balaban J connectivity index is 1.74. The minimum Gasteiger partial charge on any atom is -0.252 e. The van der Waals surface area contributed by atoms with Crippen LogP contribution < -0.4 is 5.43 Å². The molecule has 0 bridgehead atoms. The third kappa shape index (κ3) is 2.95. The highest BCUT2D eigenvalue weighted by Crippen LogP contribution is 2.24. The van der Waals surface area contributed by atoms with Gasteiger partial charge in [0.2, 0.25) is 5.13 Å². The lowest BCUT2D eigenvalue weighted by Gasteiger charge is -1.98. The molecule has 0 saturated heterocycles. The van der Waals surface area contributed by atoms with Crippen LogP contribution in [0.1, 0.15) is 11.8 Å². The second-order valence-electron chi connectivity index (χ2n) is 4.19. The Morgan fingerprint density at radius 1 is 1.10 bits per heavy atom. The molecule has 0 aliphatic carbocycles. The first-order valence-corrected chi connectivity index (χ1v) is 7.94. The normalized spacial score (nSPS) is 11.6. The molecular weight excluding hydrogens is 286 g/mol. The van der Waals surface area contributed by atoms with Gasteiger partial charge in [-0.2, -0.15) is 5.10 Å². The van der Waals surface area contributed by atoms with E-state index in [0.29, 0.717) is 0 Å². The standard InChI is InChI=1S/C15H13N3S2/c1-11(14-8-5-9-19-14)17-18-15-16-13(10-20-15)12-6-3-2-4-7-12/h2-10H,1H3,(H,16,18)/b17-11-. The van der Waals surface area contributed by atoms with E-state index in [4.69, 9.17) is 0 Å². The summed E-state index contributed by atoms with van der Waals surface area (Å²) in [6.07, 6.45) is 0. The van der Waals surface area contributed by atoms with E-state index in [-0.39, 0.29) is 0 Å². The van der Waals surface area contributed by atoms with Crippen molar-refractivity contribution in [1.82, 2.24) is 4.98 Å². The predicted molar refractivity (Wildman–Crippen MR) is 87.7 cm³/mol. The number of aromatic nitrogens is 1. The number of thiazole rings is 1. The molecule has 3 nitrogen and oxygen atoms in total. The van der Waals surface area contributed by atoms with Crippen molar-refractivity contribution < 1.29 is 0 Å². The van der Waals surface area contributed by atoms with Gasteiger partial charge in [-0.1, -0.05) is 36.4 Å². The second kappa shape index (κ2) is 5.98. The summed E-state index contributed by atoms with van der Waals surface area (Å²) in [4.78, 5) is 5.70. The maximum Gasteiger partial charge on any atom is 0.203 e. The van der Waals surface area contributed by atoms with E-state index in [1.807, 2.05) is 41.9 Å².